The number of nitrogens with one attached hydrogen (secondary N) is 1. The number of tetrazole rings is 1. The van der Waals surface area contributed by atoms with Crippen molar-refractivity contribution in [2.75, 3.05) is 12.4 Å². The van der Waals surface area contributed by atoms with Crippen LogP contribution in [0.15, 0.2) is 30.3 Å². The Hall–Kier alpha value is -2.77. The van der Waals surface area contributed by atoms with Gasteiger partial charge in [0.2, 0.25) is 0 Å². The Kier molecular flexibility index (Phi) is 2.67. The van der Waals surface area contributed by atoms with Gasteiger partial charge < -0.3 is 10.1 Å². The minimum absolute atomic E-state index is 0.398. The van der Waals surface area contributed by atoms with Crippen LogP contribution >= 0.6 is 0 Å². The van der Waals surface area contributed by atoms with Gasteiger partial charge in [-0.2, -0.15) is 0 Å². The second-order valence-corrected chi connectivity index (χ2v) is 3.75. The maximum absolute atomic E-state index is 13.3. The van der Waals surface area contributed by atoms with Crippen LogP contribution in [0.25, 0.3) is 5.65 Å². The SMILES string of the molecule is COc1cc(F)cc(Nc2ccc3nnnn3n2)c1. The molecule has 0 saturated carbocycles. The number of rotatable bonds is 3. The predicted molar refractivity (Wildman–Crippen MR) is 64.8 cm³/mol. The van der Waals surface area contributed by atoms with Gasteiger partial charge in [0.05, 0.1) is 7.11 Å². The van der Waals surface area contributed by atoms with Gasteiger partial charge in [-0.1, -0.05) is 0 Å². The van der Waals surface area contributed by atoms with Crippen LogP contribution in [-0.2, 0) is 0 Å². The summed E-state index contributed by atoms with van der Waals surface area (Å²) in [4.78, 5) is 0. The van der Waals surface area contributed by atoms with E-state index in [1.165, 1.54) is 23.9 Å². The summed E-state index contributed by atoms with van der Waals surface area (Å²) in [6, 6.07) is 7.70. The van der Waals surface area contributed by atoms with E-state index in [0.717, 1.165) is 0 Å². The fraction of sp³-hybridized carbons (Fsp3) is 0.0909. The topological polar surface area (TPSA) is 77.2 Å². The van der Waals surface area contributed by atoms with Gasteiger partial charge in [-0.15, -0.1) is 14.8 Å². The van der Waals surface area contributed by atoms with Crippen molar-refractivity contribution in [3.05, 3.63) is 36.1 Å². The first kappa shape index (κ1) is 11.3. The maximum atomic E-state index is 13.3. The highest BCUT2D eigenvalue weighted by atomic mass is 19.1. The number of halogens is 1. The number of hydrogen-bond donors (Lipinski definition) is 1. The molecule has 8 heteroatoms. The molecule has 2 aromatic heterocycles. The summed E-state index contributed by atoms with van der Waals surface area (Å²) in [5.41, 5.74) is 1.05. The van der Waals surface area contributed by atoms with Gasteiger partial charge >= 0.3 is 0 Å². The molecule has 0 atom stereocenters. The van der Waals surface area contributed by atoms with Crippen molar-refractivity contribution >= 4 is 17.2 Å². The third-order valence-electron chi connectivity index (χ3n) is 2.45. The molecule has 3 rings (SSSR count). The Morgan fingerprint density at radius 2 is 2.16 bits per heavy atom. The van der Waals surface area contributed by atoms with Crippen LogP contribution < -0.4 is 10.1 Å². The van der Waals surface area contributed by atoms with E-state index in [2.05, 4.69) is 25.9 Å². The number of fused-ring (bicyclic) bond motifs is 1. The molecule has 96 valence electrons. The van der Waals surface area contributed by atoms with Crippen molar-refractivity contribution in [3.63, 3.8) is 0 Å². The summed E-state index contributed by atoms with van der Waals surface area (Å²) < 4.78 is 19.6. The van der Waals surface area contributed by atoms with Gasteiger partial charge in [-0.05, 0) is 28.6 Å². The zero-order chi connectivity index (χ0) is 13.2. The van der Waals surface area contributed by atoms with Crippen molar-refractivity contribution in [2.45, 2.75) is 0 Å². The average molecular weight is 260 g/mol. The van der Waals surface area contributed by atoms with E-state index in [4.69, 9.17) is 4.74 Å². The lowest BCUT2D eigenvalue weighted by molar-refractivity contribution is 0.411. The Morgan fingerprint density at radius 3 is 3.00 bits per heavy atom. The van der Waals surface area contributed by atoms with Crippen molar-refractivity contribution in [3.8, 4) is 5.75 Å². The molecule has 0 amide bonds. The number of nitrogens with zero attached hydrogens (tertiary/aromatic N) is 5. The first-order chi connectivity index (χ1) is 9.24. The van der Waals surface area contributed by atoms with E-state index in [1.807, 2.05) is 0 Å². The number of methoxy groups -OCH3 is 1. The lowest BCUT2D eigenvalue weighted by atomic mass is 10.3. The zero-order valence-electron chi connectivity index (χ0n) is 9.91. The van der Waals surface area contributed by atoms with Crippen LogP contribution in [0.2, 0.25) is 0 Å². The minimum Gasteiger partial charge on any atom is -0.497 e. The van der Waals surface area contributed by atoms with Crippen molar-refractivity contribution in [1.82, 2.24) is 25.3 Å². The summed E-state index contributed by atoms with van der Waals surface area (Å²) in [5.74, 6) is 0.517. The van der Waals surface area contributed by atoms with Crippen molar-refractivity contribution in [2.24, 2.45) is 0 Å². The fourth-order valence-corrected chi connectivity index (χ4v) is 1.62. The van der Waals surface area contributed by atoms with Gasteiger partial charge in [0.25, 0.3) is 0 Å². The molecule has 0 saturated heterocycles. The fourth-order valence-electron chi connectivity index (χ4n) is 1.62. The third kappa shape index (κ3) is 2.28. The lowest BCUT2D eigenvalue weighted by Gasteiger charge is -2.07. The first-order valence-electron chi connectivity index (χ1n) is 5.41. The molecule has 3 aromatic rings. The monoisotopic (exact) mass is 260 g/mol. The van der Waals surface area contributed by atoms with Gasteiger partial charge in [-0.25, -0.2) is 4.39 Å². The van der Waals surface area contributed by atoms with E-state index < -0.39 is 5.82 Å². The van der Waals surface area contributed by atoms with Crippen LogP contribution in [0.4, 0.5) is 15.9 Å². The number of hydrogen-bond acceptors (Lipinski definition) is 6. The lowest BCUT2D eigenvalue weighted by Crippen LogP contribution is -2.00. The van der Waals surface area contributed by atoms with Gasteiger partial charge in [0.1, 0.15) is 11.6 Å². The molecule has 0 bridgehead atoms. The molecular formula is C11H9FN6O. The molecule has 1 aromatic carbocycles. The van der Waals surface area contributed by atoms with E-state index in [1.54, 1.807) is 18.2 Å². The molecular weight excluding hydrogens is 251 g/mol. The van der Waals surface area contributed by atoms with E-state index in [0.29, 0.717) is 22.9 Å². The Morgan fingerprint density at radius 1 is 1.26 bits per heavy atom. The molecule has 0 aliphatic heterocycles. The Balaban J connectivity index is 1.93. The molecule has 0 unspecified atom stereocenters. The molecule has 0 aliphatic rings. The van der Waals surface area contributed by atoms with Crippen molar-refractivity contribution < 1.29 is 9.13 Å². The number of benzene rings is 1. The summed E-state index contributed by atoms with van der Waals surface area (Å²) in [5, 5.41) is 18.0. The Bertz CT molecular complexity index is 728. The van der Waals surface area contributed by atoms with E-state index >= 15 is 0 Å². The molecule has 0 radical (unpaired) electrons. The van der Waals surface area contributed by atoms with Crippen molar-refractivity contribution in [1.29, 1.82) is 0 Å². The van der Waals surface area contributed by atoms with Crippen LogP contribution in [0, 0.1) is 5.82 Å². The third-order valence-corrected chi connectivity index (χ3v) is 2.45. The minimum atomic E-state index is -0.398. The zero-order valence-corrected chi connectivity index (χ0v) is 9.91. The number of aromatic nitrogens is 5. The predicted octanol–water partition coefficient (Wildman–Crippen LogP) is 1.41. The van der Waals surface area contributed by atoms with Gasteiger partial charge in [-0.3, -0.25) is 0 Å². The number of anilines is 2. The van der Waals surface area contributed by atoms with E-state index in [9.17, 15) is 4.39 Å². The highest BCUT2D eigenvalue weighted by Gasteiger charge is 2.04. The molecule has 0 spiro atoms. The quantitative estimate of drug-likeness (QED) is 0.767. The molecule has 0 aliphatic carbocycles. The Labute approximate surface area is 107 Å². The van der Waals surface area contributed by atoms with Crippen LogP contribution in [-0.4, -0.2) is 32.4 Å². The van der Waals surface area contributed by atoms with Crippen LogP contribution in [0.5, 0.6) is 5.75 Å². The largest absolute Gasteiger partial charge is 0.497 e. The second kappa shape index (κ2) is 4.48. The first-order valence-corrected chi connectivity index (χ1v) is 5.41. The second-order valence-electron chi connectivity index (χ2n) is 3.75. The van der Waals surface area contributed by atoms with E-state index in [-0.39, 0.29) is 0 Å². The molecule has 2 heterocycles. The molecule has 7 nitrogen and oxygen atoms in total. The molecule has 19 heavy (non-hydrogen) atoms. The maximum Gasteiger partial charge on any atom is 0.200 e. The smallest absolute Gasteiger partial charge is 0.200 e. The average Bonchev–Trinajstić information content (AvgIpc) is 2.85. The van der Waals surface area contributed by atoms with Crippen LogP contribution in [0.1, 0.15) is 0 Å². The normalized spacial score (nSPS) is 10.6. The number of ether oxygens (including phenoxy) is 1. The van der Waals surface area contributed by atoms with Gasteiger partial charge in [0.15, 0.2) is 11.5 Å². The summed E-state index contributed by atoms with van der Waals surface area (Å²) in [7, 11) is 1.48. The summed E-state index contributed by atoms with van der Waals surface area (Å²) >= 11 is 0. The highest BCUT2D eigenvalue weighted by Crippen LogP contribution is 2.22. The molecule has 1 N–H and O–H groups in total. The standard InChI is InChI=1S/C11H9FN6O/c1-19-9-5-7(12)4-8(6-9)13-10-2-3-11-14-16-17-18(11)15-10/h2-6H,1H3,(H,13,15). The summed E-state index contributed by atoms with van der Waals surface area (Å²) in [6.45, 7) is 0. The van der Waals surface area contributed by atoms with Gasteiger partial charge in [0, 0.05) is 17.8 Å². The highest BCUT2D eigenvalue weighted by molar-refractivity contribution is 5.59. The molecule has 0 fully saturated rings. The van der Waals surface area contributed by atoms with Crippen LogP contribution in [0.3, 0.4) is 0 Å². The summed E-state index contributed by atoms with van der Waals surface area (Å²) in [6.07, 6.45) is 0.